The Morgan fingerprint density at radius 1 is 1.50 bits per heavy atom. The van der Waals surface area contributed by atoms with Crippen molar-refractivity contribution in [1.82, 2.24) is 5.32 Å². The van der Waals surface area contributed by atoms with Crippen molar-refractivity contribution in [1.29, 1.82) is 0 Å². The lowest BCUT2D eigenvalue weighted by molar-refractivity contribution is -0.115. The van der Waals surface area contributed by atoms with Crippen LogP contribution in [0.15, 0.2) is 11.8 Å². The summed E-state index contributed by atoms with van der Waals surface area (Å²) in [7, 11) is -1.83. The lowest BCUT2D eigenvalue weighted by Gasteiger charge is -2.37. The Kier molecular flexibility index (Phi) is 4.72. The van der Waals surface area contributed by atoms with Crippen molar-refractivity contribution in [2.75, 3.05) is 13.3 Å². The molecule has 1 atom stereocenters. The molecule has 1 N–H and O–H groups in total. The summed E-state index contributed by atoms with van der Waals surface area (Å²) >= 11 is 0. The summed E-state index contributed by atoms with van der Waals surface area (Å²) in [5.41, 5.74) is 0.707. The number of carbonyl (C=O) groups excluding carboxylic acids is 1. The van der Waals surface area contributed by atoms with Crippen LogP contribution in [-0.2, 0) is 9.22 Å². The largest absolute Gasteiger partial charge is 0.411 e. The molecule has 0 saturated carbocycles. The number of hydrogen-bond donors (Lipinski definition) is 1. The highest BCUT2D eigenvalue weighted by atomic mass is 28.4. The Balaban J connectivity index is 2.61. The van der Waals surface area contributed by atoms with Gasteiger partial charge in [0.1, 0.15) is 6.67 Å². The molecule has 0 radical (unpaired) electrons. The number of ketones is 1. The molecule has 0 bridgehead atoms. The van der Waals surface area contributed by atoms with E-state index in [9.17, 15) is 9.18 Å². The van der Waals surface area contributed by atoms with Gasteiger partial charge in [-0.25, -0.2) is 4.39 Å². The molecule has 18 heavy (non-hydrogen) atoms. The third kappa shape index (κ3) is 3.92. The maximum atomic E-state index is 12.6. The molecule has 1 aliphatic rings. The van der Waals surface area contributed by atoms with Gasteiger partial charge in [-0.2, -0.15) is 0 Å². The minimum atomic E-state index is -1.83. The second kappa shape index (κ2) is 5.53. The summed E-state index contributed by atoms with van der Waals surface area (Å²) in [6.07, 6.45) is 1.78. The lowest BCUT2D eigenvalue weighted by Crippen LogP contribution is -2.44. The standard InChI is InChI=1S/C13H24FNO2Si/c1-13(2,3)18(4,5)17-9-11-7-12(16)6-10(8-14)15-11/h7,10,15H,6,8-9H2,1-5H3/t10-/m1/s1. The maximum absolute atomic E-state index is 12.6. The van der Waals surface area contributed by atoms with E-state index in [1.807, 2.05) is 0 Å². The van der Waals surface area contributed by atoms with E-state index in [-0.39, 0.29) is 23.3 Å². The fourth-order valence-electron chi connectivity index (χ4n) is 1.50. The van der Waals surface area contributed by atoms with Crippen LogP contribution in [0.25, 0.3) is 0 Å². The summed E-state index contributed by atoms with van der Waals surface area (Å²) in [6, 6.07) is -0.388. The van der Waals surface area contributed by atoms with Crippen LogP contribution in [0.5, 0.6) is 0 Å². The monoisotopic (exact) mass is 273 g/mol. The normalized spacial score (nSPS) is 21.6. The Morgan fingerprint density at radius 2 is 2.11 bits per heavy atom. The van der Waals surface area contributed by atoms with E-state index in [0.29, 0.717) is 12.3 Å². The smallest absolute Gasteiger partial charge is 0.192 e. The molecule has 3 nitrogen and oxygen atoms in total. The van der Waals surface area contributed by atoms with Gasteiger partial charge in [0.2, 0.25) is 0 Å². The van der Waals surface area contributed by atoms with Crippen LogP contribution in [0.4, 0.5) is 4.39 Å². The van der Waals surface area contributed by atoms with Gasteiger partial charge in [0, 0.05) is 18.2 Å². The molecule has 0 amide bonds. The van der Waals surface area contributed by atoms with Gasteiger partial charge in [0.15, 0.2) is 14.1 Å². The number of rotatable bonds is 4. The Bertz CT molecular complexity index is 347. The SMILES string of the molecule is CC(C)(C)[Si](C)(C)OCC1=CC(=O)C[C@H](CF)N1. The Labute approximate surface area is 110 Å². The summed E-state index contributed by atoms with van der Waals surface area (Å²) in [5.74, 6) is -0.0229. The predicted molar refractivity (Wildman–Crippen MR) is 73.8 cm³/mol. The topological polar surface area (TPSA) is 38.3 Å². The third-order valence-corrected chi connectivity index (χ3v) is 8.23. The zero-order chi connectivity index (χ0) is 14.0. The van der Waals surface area contributed by atoms with Gasteiger partial charge in [-0.1, -0.05) is 20.8 Å². The van der Waals surface area contributed by atoms with Gasteiger partial charge in [-0.3, -0.25) is 4.79 Å². The number of halogens is 1. The highest BCUT2D eigenvalue weighted by Gasteiger charge is 2.37. The summed E-state index contributed by atoms with van der Waals surface area (Å²) < 4.78 is 18.6. The minimum Gasteiger partial charge on any atom is -0.411 e. The first-order valence-corrected chi connectivity index (χ1v) is 9.26. The van der Waals surface area contributed by atoms with E-state index < -0.39 is 15.0 Å². The number of nitrogens with one attached hydrogen (secondary N) is 1. The quantitative estimate of drug-likeness (QED) is 0.801. The predicted octanol–water partition coefficient (Wildman–Crippen LogP) is 2.79. The number of hydrogen-bond acceptors (Lipinski definition) is 3. The molecular formula is C13H24FNO2Si. The van der Waals surface area contributed by atoms with Gasteiger partial charge in [0.25, 0.3) is 0 Å². The van der Waals surface area contributed by atoms with Gasteiger partial charge in [-0.15, -0.1) is 0 Å². The first-order chi connectivity index (χ1) is 8.15. The molecule has 0 fully saturated rings. The fourth-order valence-corrected chi connectivity index (χ4v) is 2.45. The lowest BCUT2D eigenvalue weighted by atomic mass is 10.1. The number of carbonyl (C=O) groups is 1. The van der Waals surface area contributed by atoms with E-state index in [0.717, 1.165) is 0 Å². The van der Waals surface area contributed by atoms with Crippen LogP contribution in [0.3, 0.4) is 0 Å². The average Bonchev–Trinajstić information content (AvgIpc) is 2.24. The molecule has 0 unspecified atom stereocenters. The first kappa shape index (κ1) is 15.4. The molecule has 0 saturated heterocycles. The molecule has 1 rings (SSSR count). The van der Waals surface area contributed by atoms with Crippen molar-refractivity contribution < 1.29 is 13.6 Å². The van der Waals surface area contributed by atoms with Crippen molar-refractivity contribution in [2.24, 2.45) is 0 Å². The molecule has 5 heteroatoms. The first-order valence-electron chi connectivity index (χ1n) is 6.35. The molecule has 0 spiro atoms. The zero-order valence-electron chi connectivity index (χ0n) is 12.0. The minimum absolute atomic E-state index is 0.0229. The fraction of sp³-hybridized carbons (Fsp3) is 0.769. The molecule has 1 heterocycles. The van der Waals surface area contributed by atoms with Crippen molar-refractivity contribution >= 4 is 14.1 Å². The molecule has 104 valence electrons. The van der Waals surface area contributed by atoms with Crippen LogP contribution >= 0.6 is 0 Å². The van der Waals surface area contributed by atoms with E-state index >= 15 is 0 Å². The van der Waals surface area contributed by atoms with E-state index in [4.69, 9.17) is 4.43 Å². The van der Waals surface area contributed by atoms with Crippen LogP contribution in [0.1, 0.15) is 27.2 Å². The highest BCUT2D eigenvalue weighted by molar-refractivity contribution is 6.74. The molecule has 0 aliphatic carbocycles. The van der Waals surface area contributed by atoms with Gasteiger partial charge >= 0.3 is 0 Å². The van der Waals surface area contributed by atoms with Crippen molar-refractivity contribution in [3.05, 3.63) is 11.8 Å². The zero-order valence-corrected chi connectivity index (χ0v) is 13.0. The molecule has 0 aromatic heterocycles. The second-order valence-electron chi connectivity index (χ2n) is 6.38. The third-order valence-electron chi connectivity index (χ3n) is 3.75. The van der Waals surface area contributed by atoms with Crippen LogP contribution in [-0.4, -0.2) is 33.4 Å². The molecule has 1 aliphatic heterocycles. The number of allylic oxidation sites excluding steroid dienone is 1. The van der Waals surface area contributed by atoms with E-state index in [1.165, 1.54) is 0 Å². The van der Waals surface area contributed by atoms with Crippen LogP contribution in [0.2, 0.25) is 18.1 Å². The summed E-state index contributed by atoms with van der Waals surface area (Å²) in [4.78, 5) is 11.4. The van der Waals surface area contributed by atoms with Gasteiger partial charge < -0.3 is 9.74 Å². The van der Waals surface area contributed by atoms with E-state index in [2.05, 4.69) is 39.2 Å². The van der Waals surface area contributed by atoms with Gasteiger partial charge in [0.05, 0.1) is 12.6 Å². The number of alkyl halides is 1. The van der Waals surface area contributed by atoms with Crippen molar-refractivity contribution in [3.8, 4) is 0 Å². The molecule has 0 aromatic rings. The molecular weight excluding hydrogens is 249 g/mol. The second-order valence-corrected chi connectivity index (χ2v) is 11.2. The Hall–Kier alpha value is -0.683. The Morgan fingerprint density at radius 3 is 2.61 bits per heavy atom. The summed E-state index contributed by atoms with van der Waals surface area (Å²) in [6.45, 7) is 10.7. The van der Waals surface area contributed by atoms with E-state index in [1.54, 1.807) is 6.08 Å². The van der Waals surface area contributed by atoms with Crippen LogP contribution < -0.4 is 5.32 Å². The maximum Gasteiger partial charge on any atom is 0.192 e. The molecule has 0 aromatic carbocycles. The highest BCUT2D eigenvalue weighted by Crippen LogP contribution is 2.36. The van der Waals surface area contributed by atoms with Crippen LogP contribution in [0, 0.1) is 0 Å². The summed E-state index contributed by atoms with van der Waals surface area (Å²) in [5, 5.41) is 3.15. The average molecular weight is 273 g/mol. The van der Waals surface area contributed by atoms with Gasteiger partial charge in [-0.05, 0) is 18.1 Å². The van der Waals surface area contributed by atoms with Crippen molar-refractivity contribution in [2.45, 2.75) is 51.4 Å². The van der Waals surface area contributed by atoms with Crippen molar-refractivity contribution in [3.63, 3.8) is 0 Å².